The summed E-state index contributed by atoms with van der Waals surface area (Å²) in [6.45, 7) is 15.7. The van der Waals surface area contributed by atoms with Gasteiger partial charge in [-0.15, -0.1) is 0 Å². The number of hydrogen-bond donors (Lipinski definition) is 1. The number of hydrogen-bond acceptors (Lipinski definition) is 1. The van der Waals surface area contributed by atoms with Crippen molar-refractivity contribution in [2.24, 2.45) is 5.73 Å². The van der Waals surface area contributed by atoms with Gasteiger partial charge in [-0.25, -0.2) is 0 Å². The molecule has 0 aliphatic heterocycles. The van der Waals surface area contributed by atoms with Crippen LogP contribution in [0.1, 0.15) is 94.5 Å². The van der Waals surface area contributed by atoms with Crippen LogP contribution in [0.5, 0.6) is 0 Å². The molecule has 1 heteroatoms. The molecule has 0 amide bonds. The lowest BCUT2D eigenvalue weighted by Gasteiger charge is -2.25. The average molecular weight is 247 g/mol. The SMILES string of the molecule is CC(C)c1cc(C(C)C)c([C@H](C)N)c(C(C)C)c1. The summed E-state index contributed by atoms with van der Waals surface area (Å²) in [5.41, 5.74) is 11.9. The van der Waals surface area contributed by atoms with E-state index in [-0.39, 0.29) is 6.04 Å². The van der Waals surface area contributed by atoms with E-state index < -0.39 is 0 Å². The second-order valence-corrected chi connectivity index (χ2v) is 6.37. The zero-order valence-corrected chi connectivity index (χ0v) is 13.0. The molecule has 1 nitrogen and oxygen atoms in total. The van der Waals surface area contributed by atoms with Crippen molar-refractivity contribution in [3.8, 4) is 0 Å². The first kappa shape index (κ1) is 15.2. The van der Waals surface area contributed by atoms with E-state index in [0.717, 1.165) is 0 Å². The summed E-state index contributed by atoms with van der Waals surface area (Å²) in [5, 5.41) is 0. The van der Waals surface area contributed by atoms with Crippen LogP contribution in [0.3, 0.4) is 0 Å². The molecule has 0 saturated carbocycles. The lowest BCUT2D eigenvalue weighted by molar-refractivity contribution is 0.720. The Balaban J connectivity index is 3.55. The quantitative estimate of drug-likeness (QED) is 0.789. The first-order chi connectivity index (χ1) is 8.25. The molecule has 0 radical (unpaired) electrons. The van der Waals surface area contributed by atoms with Gasteiger partial charge in [0, 0.05) is 6.04 Å². The third-order valence-electron chi connectivity index (χ3n) is 3.63. The first-order valence-electron chi connectivity index (χ1n) is 7.18. The molecule has 1 aromatic carbocycles. The Labute approximate surface area is 113 Å². The maximum Gasteiger partial charge on any atom is 0.0271 e. The monoisotopic (exact) mass is 247 g/mol. The van der Waals surface area contributed by atoms with Crippen molar-refractivity contribution < 1.29 is 0 Å². The fourth-order valence-electron chi connectivity index (χ4n) is 2.54. The second-order valence-electron chi connectivity index (χ2n) is 6.37. The van der Waals surface area contributed by atoms with E-state index in [0.29, 0.717) is 17.8 Å². The highest BCUT2D eigenvalue weighted by Gasteiger charge is 2.19. The average Bonchev–Trinajstić information content (AvgIpc) is 2.26. The van der Waals surface area contributed by atoms with Crippen molar-refractivity contribution in [3.05, 3.63) is 34.4 Å². The molecule has 0 aliphatic carbocycles. The summed E-state index contributed by atoms with van der Waals surface area (Å²) in [4.78, 5) is 0. The van der Waals surface area contributed by atoms with E-state index >= 15 is 0 Å². The van der Waals surface area contributed by atoms with Gasteiger partial charge in [-0.05, 0) is 46.9 Å². The molecule has 0 spiro atoms. The summed E-state index contributed by atoms with van der Waals surface area (Å²) < 4.78 is 0. The molecule has 18 heavy (non-hydrogen) atoms. The van der Waals surface area contributed by atoms with Crippen LogP contribution in [0.25, 0.3) is 0 Å². The van der Waals surface area contributed by atoms with Crippen molar-refractivity contribution in [2.45, 2.75) is 72.3 Å². The van der Waals surface area contributed by atoms with Crippen LogP contribution >= 0.6 is 0 Å². The third kappa shape index (κ3) is 3.14. The van der Waals surface area contributed by atoms with Crippen LogP contribution in [-0.4, -0.2) is 0 Å². The molecule has 0 fully saturated rings. The fourth-order valence-corrected chi connectivity index (χ4v) is 2.54. The van der Waals surface area contributed by atoms with Gasteiger partial charge in [0.1, 0.15) is 0 Å². The molecule has 0 aromatic heterocycles. The van der Waals surface area contributed by atoms with Gasteiger partial charge in [0.2, 0.25) is 0 Å². The Morgan fingerprint density at radius 3 is 1.33 bits per heavy atom. The lowest BCUT2D eigenvalue weighted by Crippen LogP contribution is -2.14. The van der Waals surface area contributed by atoms with Gasteiger partial charge in [0.05, 0.1) is 0 Å². The molecule has 1 atom stereocenters. The summed E-state index contributed by atoms with van der Waals surface area (Å²) in [6.07, 6.45) is 0. The maximum absolute atomic E-state index is 6.22. The van der Waals surface area contributed by atoms with E-state index in [4.69, 9.17) is 5.73 Å². The molecule has 1 aromatic rings. The molecule has 102 valence electrons. The van der Waals surface area contributed by atoms with E-state index in [1.54, 1.807) is 0 Å². The number of rotatable bonds is 4. The van der Waals surface area contributed by atoms with Crippen molar-refractivity contribution in [1.29, 1.82) is 0 Å². The Morgan fingerprint density at radius 2 is 1.11 bits per heavy atom. The Morgan fingerprint density at radius 1 is 0.722 bits per heavy atom. The number of nitrogens with two attached hydrogens (primary N) is 1. The zero-order chi connectivity index (χ0) is 14.0. The normalized spacial score (nSPS) is 13.7. The second kappa shape index (κ2) is 5.88. The minimum Gasteiger partial charge on any atom is -0.324 e. The predicted octanol–water partition coefficient (Wildman–Crippen LogP) is 5.08. The van der Waals surface area contributed by atoms with Crippen LogP contribution in [-0.2, 0) is 0 Å². The third-order valence-corrected chi connectivity index (χ3v) is 3.63. The molecule has 0 saturated heterocycles. The summed E-state index contributed by atoms with van der Waals surface area (Å²) in [5.74, 6) is 1.63. The molecule has 0 heterocycles. The maximum atomic E-state index is 6.22. The van der Waals surface area contributed by atoms with E-state index in [2.05, 4.69) is 60.6 Å². The Hall–Kier alpha value is -0.820. The van der Waals surface area contributed by atoms with Crippen LogP contribution in [0.2, 0.25) is 0 Å². The topological polar surface area (TPSA) is 26.0 Å². The molecule has 0 bridgehead atoms. The van der Waals surface area contributed by atoms with Gasteiger partial charge in [-0.1, -0.05) is 53.7 Å². The van der Waals surface area contributed by atoms with Crippen molar-refractivity contribution >= 4 is 0 Å². The van der Waals surface area contributed by atoms with Crippen LogP contribution in [0, 0.1) is 0 Å². The van der Waals surface area contributed by atoms with Crippen LogP contribution in [0.4, 0.5) is 0 Å². The van der Waals surface area contributed by atoms with Crippen molar-refractivity contribution in [1.82, 2.24) is 0 Å². The Kier molecular flexibility index (Phi) is 4.98. The molecule has 2 N–H and O–H groups in total. The highest BCUT2D eigenvalue weighted by atomic mass is 14.6. The van der Waals surface area contributed by atoms with E-state index in [1.165, 1.54) is 22.3 Å². The first-order valence-corrected chi connectivity index (χ1v) is 7.18. The molecular weight excluding hydrogens is 218 g/mol. The smallest absolute Gasteiger partial charge is 0.0271 e. The van der Waals surface area contributed by atoms with Gasteiger partial charge in [-0.3, -0.25) is 0 Å². The van der Waals surface area contributed by atoms with Gasteiger partial charge in [0.15, 0.2) is 0 Å². The van der Waals surface area contributed by atoms with E-state index in [9.17, 15) is 0 Å². The van der Waals surface area contributed by atoms with Gasteiger partial charge in [0.25, 0.3) is 0 Å². The Bertz CT molecular complexity index is 371. The standard InChI is InChI=1S/C17H29N/c1-10(2)14-8-15(11(3)4)17(13(7)18)16(9-14)12(5)6/h8-13H,18H2,1-7H3/t13-/m0/s1. The highest BCUT2D eigenvalue weighted by molar-refractivity contribution is 5.45. The van der Waals surface area contributed by atoms with Gasteiger partial charge >= 0.3 is 0 Å². The van der Waals surface area contributed by atoms with Gasteiger partial charge in [-0.2, -0.15) is 0 Å². The molecule has 1 rings (SSSR count). The van der Waals surface area contributed by atoms with Crippen LogP contribution < -0.4 is 5.73 Å². The van der Waals surface area contributed by atoms with Crippen LogP contribution in [0.15, 0.2) is 12.1 Å². The van der Waals surface area contributed by atoms with Crippen molar-refractivity contribution in [2.75, 3.05) is 0 Å². The molecule has 0 aliphatic rings. The predicted molar refractivity (Wildman–Crippen MR) is 81.3 cm³/mol. The van der Waals surface area contributed by atoms with Gasteiger partial charge < -0.3 is 5.73 Å². The largest absolute Gasteiger partial charge is 0.324 e. The number of benzene rings is 1. The molecular formula is C17H29N. The summed E-state index contributed by atoms with van der Waals surface area (Å²) in [7, 11) is 0. The zero-order valence-electron chi connectivity index (χ0n) is 13.0. The van der Waals surface area contributed by atoms with E-state index in [1.807, 2.05) is 0 Å². The lowest BCUT2D eigenvalue weighted by atomic mass is 9.82. The molecule has 0 unspecified atom stereocenters. The highest BCUT2D eigenvalue weighted by Crippen LogP contribution is 2.34. The summed E-state index contributed by atoms with van der Waals surface area (Å²) >= 11 is 0. The van der Waals surface area contributed by atoms with Crippen molar-refractivity contribution in [3.63, 3.8) is 0 Å². The summed E-state index contributed by atoms with van der Waals surface area (Å²) in [6, 6.07) is 4.83. The minimum atomic E-state index is 0.112. The minimum absolute atomic E-state index is 0.112. The fraction of sp³-hybridized carbons (Fsp3) is 0.647.